The molecule has 82 valence electrons. The maximum absolute atomic E-state index is 9.61. The van der Waals surface area contributed by atoms with E-state index in [-0.39, 0.29) is 6.10 Å². The molecule has 1 aromatic heterocycles. The zero-order valence-corrected chi connectivity index (χ0v) is 8.89. The van der Waals surface area contributed by atoms with Gasteiger partial charge >= 0.3 is 0 Å². The molecular formula is C12H18N2O. The van der Waals surface area contributed by atoms with Crippen molar-refractivity contribution in [2.45, 2.75) is 37.8 Å². The van der Waals surface area contributed by atoms with Crippen LogP contribution in [-0.2, 0) is 6.42 Å². The van der Waals surface area contributed by atoms with E-state index in [1.165, 1.54) is 5.56 Å². The molecule has 2 unspecified atom stereocenters. The summed E-state index contributed by atoms with van der Waals surface area (Å²) in [6.07, 6.45) is 7.73. The molecule has 3 heteroatoms. The van der Waals surface area contributed by atoms with Crippen LogP contribution >= 0.6 is 0 Å². The Morgan fingerprint density at radius 1 is 1.47 bits per heavy atom. The van der Waals surface area contributed by atoms with E-state index in [2.05, 4.69) is 16.4 Å². The normalized spacial score (nSPS) is 25.7. The summed E-state index contributed by atoms with van der Waals surface area (Å²) >= 11 is 0. The maximum Gasteiger partial charge on any atom is 0.0693 e. The van der Waals surface area contributed by atoms with Gasteiger partial charge in [-0.2, -0.15) is 0 Å². The highest BCUT2D eigenvalue weighted by Gasteiger charge is 2.23. The summed E-state index contributed by atoms with van der Waals surface area (Å²) in [5.74, 6) is 0. The zero-order valence-electron chi connectivity index (χ0n) is 8.89. The highest BCUT2D eigenvalue weighted by Crippen LogP contribution is 2.18. The summed E-state index contributed by atoms with van der Waals surface area (Å²) in [6.45, 7) is 0.924. The van der Waals surface area contributed by atoms with Gasteiger partial charge in [-0.1, -0.05) is 6.07 Å². The van der Waals surface area contributed by atoms with Crippen molar-refractivity contribution in [3.05, 3.63) is 30.1 Å². The second-order valence-corrected chi connectivity index (χ2v) is 4.17. The molecule has 1 heterocycles. The minimum absolute atomic E-state index is 0.140. The molecule has 0 bridgehead atoms. The Bertz CT molecular complexity index is 289. The Labute approximate surface area is 90.5 Å². The molecular weight excluding hydrogens is 188 g/mol. The van der Waals surface area contributed by atoms with Gasteiger partial charge in [-0.05, 0) is 43.9 Å². The van der Waals surface area contributed by atoms with Gasteiger partial charge in [0.05, 0.1) is 6.10 Å². The molecule has 2 rings (SSSR count). The van der Waals surface area contributed by atoms with Crippen LogP contribution in [0, 0.1) is 0 Å². The average molecular weight is 206 g/mol. The molecule has 0 aromatic carbocycles. The van der Waals surface area contributed by atoms with Crippen LogP contribution < -0.4 is 5.32 Å². The van der Waals surface area contributed by atoms with Gasteiger partial charge in [0, 0.05) is 18.4 Å². The van der Waals surface area contributed by atoms with E-state index in [4.69, 9.17) is 0 Å². The van der Waals surface area contributed by atoms with E-state index in [1.54, 1.807) is 6.20 Å². The lowest BCUT2D eigenvalue weighted by molar-refractivity contribution is 0.149. The lowest BCUT2D eigenvalue weighted by Crippen LogP contribution is -2.36. The number of hydrogen-bond acceptors (Lipinski definition) is 3. The van der Waals surface area contributed by atoms with Crippen LogP contribution in [0.25, 0.3) is 0 Å². The van der Waals surface area contributed by atoms with Gasteiger partial charge in [0.1, 0.15) is 0 Å². The van der Waals surface area contributed by atoms with Gasteiger partial charge in [-0.15, -0.1) is 0 Å². The number of aliphatic hydroxyl groups excluding tert-OH is 1. The van der Waals surface area contributed by atoms with Gasteiger partial charge in [0.15, 0.2) is 0 Å². The Morgan fingerprint density at radius 2 is 2.40 bits per heavy atom. The third kappa shape index (κ3) is 3.01. The minimum atomic E-state index is -0.140. The summed E-state index contributed by atoms with van der Waals surface area (Å²) in [7, 11) is 0. The van der Waals surface area contributed by atoms with E-state index < -0.39 is 0 Å². The van der Waals surface area contributed by atoms with Crippen LogP contribution in [0.1, 0.15) is 24.8 Å². The van der Waals surface area contributed by atoms with Crippen LogP contribution in [0.2, 0.25) is 0 Å². The molecule has 0 amide bonds. The number of rotatable bonds is 4. The molecule has 2 N–H and O–H groups in total. The molecule has 0 spiro atoms. The van der Waals surface area contributed by atoms with Crippen molar-refractivity contribution in [3.63, 3.8) is 0 Å². The van der Waals surface area contributed by atoms with Crippen molar-refractivity contribution < 1.29 is 5.11 Å². The Kier molecular flexibility index (Phi) is 3.69. The first-order chi connectivity index (χ1) is 7.36. The summed E-state index contributed by atoms with van der Waals surface area (Å²) in [5, 5.41) is 13.0. The average Bonchev–Trinajstić information content (AvgIpc) is 2.66. The molecule has 0 saturated heterocycles. The number of aliphatic hydroxyl groups is 1. The zero-order chi connectivity index (χ0) is 10.5. The standard InChI is InChI=1S/C12H18N2O/c15-12-5-1-4-11(12)14-8-6-10-3-2-7-13-9-10/h2-3,7,9,11-12,14-15H,1,4-6,8H2. The fourth-order valence-electron chi connectivity index (χ4n) is 2.13. The molecule has 1 aliphatic carbocycles. The Balaban J connectivity index is 1.71. The molecule has 1 saturated carbocycles. The predicted molar refractivity (Wildman–Crippen MR) is 59.6 cm³/mol. The fourth-order valence-corrected chi connectivity index (χ4v) is 2.13. The van der Waals surface area contributed by atoms with Gasteiger partial charge < -0.3 is 10.4 Å². The molecule has 1 fully saturated rings. The number of nitrogens with zero attached hydrogens (tertiary/aromatic N) is 1. The lowest BCUT2D eigenvalue weighted by Gasteiger charge is -2.16. The predicted octanol–water partition coefficient (Wildman–Crippen LogP) is 1.13. The summed E-state index contributed by atoms with van der Waals surface area (Å²) < 4.78 is 0. The van der Waals surface area contributed by atoms with Gasteiger partial charge in [-0.25, -0.2) is 0 Å². The SMILES string of the molecule is OC1CCCC1NCCc1cccnc1. The van der Waals surface area contributed by atoms with E-state index in [0.717, 1.165) is 32.2 Å². The van der Waals surface area contributed by atoms with E-state index >= 15 is 0 Å². The highest BCUT2D eigenvalue weighted by molar-refractivity contribution is 5.08. The van der Waals surface area contributed by atoms with Crippen molar-refractivity contribution in [3.8, 4) is 0 Å². The van der Waals surface area contributed by atoms with Crippen molar-refractivity contribution in [1.82, 2.24) is 10.3 Å². The topological polar surface area (TPSA) is 45.1 Å². The Morgan fingerprint density at radius 3 is 3.07 bits per heavy atom. The van der Waals surface area contributed by atoms with Crippen molar-refractivity contribution in [2.75, 3.05) is 6.54 Å². The molecule has 15 heavy (non-hydrogen) atoms. The largest absolute Gasteiger partial charge is 0.392 e. The van der Waals surface area contributed by atoms with Crippen LogP contribution in [0.3, 0.4) is 0 Å². The molecule has 2 atom stereocenters. The van der Waals surface area contributed by atoms with Gasteiger partial charge in [-0.3, -0.25) is 4.98 Å². The number of pyridine rings is 1. The van der Waals surface area contributed by atoms with Gasteiger partial charge in [0.25, 0.3) is 0 Å². The number of hydrogen-bond donors (Lipinski definition) is 2. The second-order valence-electron chi connectivity index (χ2n) is 4.17. The third-order valence-electron chi connectivity index (χ3n) is 3.02. The van der Waals surface area contributed by atoms with Crippen LogP contribution in [0.15, 0.2) is 24.5 Å². The first-order valence-corrected chi connectivity index (χ1v) is 5.66. The van der Waals surface area contributed by atoms with Crippen molar-refractivity contribution in [2.24, 2.45) is 0 Å². The quantitative estimate of drug-likeness (QED) is 0.776. The molecule has 3 nitrogen and oxygen atoms in total. The van der Waals surface area contributed by atoms with Crippen LogP contribution in [-0.4, -0.2) is 28.8 Å². The van der Waals surface area contributed by atoms with Gasteiger partial charge in [0.2, 0.25) is 0 Å². The number of nitrogens with one attached hydrogen (secondary N) is 1. The van der Waals surface area contributed by atoms with Crippen molar-refractivity contribution >= 4 is 0 Å². The van der Waals surface area contributed by atoms with Crippen LogP contribution in [0.4, 0.5) is 0 Å². The smallest absolute Gasteiger partial charge is 0.0693 e. The first-order valence-electron chi connectivity index (χ1n) is 5.66. The minimum Gasteiger partial charge on any atom is -0.392 e. The monoisotopic (exact) mass is 206 g/mol. The summed E-state index contributed by atoms with van der Waals surface area (Å²) in [4.78, 5) is 4.07. The molecule has 0 aliphatic heterocycles. The maximum atomic E-state index is 9.61. The molecule has 0 radical (unpaired) electrons. The first kappa shape index (κ1) is 10.6. The lowest BCUT2D eigenvalue weighted by atomic mass is 10.2. The second kappa shape index (κ2) is 5.24. The third-order valence-corrected chi connectivity index (χ3v) is 3.02. The molecule has 1 aliphatic rings. The van der Waals surface area contributed by atoms with Crippen molar-refractivity contribution in [1.29, 1.82) is 0 Å². The summed E-state index contributed by atoms with van der Waals surface area (Å²) in [5.41, 5.74) is 1.25. The van der Waals surface area contributed by atoms with E-state index in [1.807, 2.05) is 12.3 Å². The summed E-state index contributed by atoms with van der Waals surface area (Å²) in [6, 6.07) is 4.35. The van der Waals surface area contributed by atoms with E-state index in [0.29, 0.717) is 6.04 Å². The highest BCUT2D eigenvalue weighted by atomic mass is 16.3. The Hall–Kier alpha value is -0.930. The van der Waals surface area contributed by atoms with Crippen LogP contribution in [0.5, 0.6) is 0 Å². The number of aromatic nitrogens is 1. The van der Waals surface area contributed by atoms with E-state index in [9.17, 15) is 5.11 Å². The molecule has 1 aromatic rings. The fraction of sp³-hybridized carbons (Fsp3) is 0.583.